The van der Waals surface area contributed by atoms with Gasteiger partial charge in [-0.1, -0.05) is 0 Å². The van der Waals surface area contributed by atoms with Crippen molar-refractivity contribution in [2.45, 2.75) is 6.92 Å². The summed E-state index contributed by atoms with van der Waals surface area (Å²) < 4.78 is 0. The number of carbonyl (C=O) groups is 2. The molecule has 74 valence electrons. The molecule has 0 fully saturated rings. The van der Waals surface area contributed by atoms with Crippen molar-refractivity contribution in [3.8, 4) is 0 Å². The number of hydrogen-bond donors (Lipinski definition) is 2. The number of Topliss-reactive ketones (excluding diaryl/α,β-unsaturated/α-hetero) is 1. The van der Waals surface area contributed by atoms with Crippen molar-refractivity contribution in [3.05, 3.63) is 34.2 Å². The van der Waals surface area contributed by atoms with Gasteiger partial charge < -0.3 is 10.3 Å². The molecule has 1 aromatic rings. The minimum absolute atomic E-state index is 0.0567. The first-order valence-electron chi connectivity index (χ1n) is 4.06. The fraction of sp³-hybridized carbons (Fsp3) is 0.222. The summed E-state index contributed by atoms with van der Waals surface area (Å²) in [6, 6.07) is 2.98. The topological polar surface area (TPSA) is 79.0 Å². The molecule has 0 bridgehead atoms. The SMILES string of the molecule is CC(=O)NCC(=O)c1ccc[nH]c1=O. The highest BCUT2D eigenvalue weighted by Crippen LogP contribution is 1.90. The van der Waals surface area contributed by atoms with Gasteiger partial charge in [0, 0.05) is 13.1 Å². The monoisotopic (exact) mass is 194 g/mol. The molecule has 1 heterocycles. The van der Waals surface area contributed by atoms with Crippen LogP contribution in [0, 0.1) is 0 Å². The number of carbonyl (C=O) groups excluding carboxylic acids is 2. The maximum absolute atomic E-state index is 11.3. The molecular weight excluding hydrogens is 184 g/mol. The predicted molar refractivity (Wildman–Crippen MR) is 50.1 cm³/mol. The highest BCUT2D eigenvalue weighted by Gasteiger charge is 2.09. The van der Waals surface area contributed by atoms with Crippen LogP contribution in [0.5, 0.6) is 0 Å². The average molecular weight is 194 g/mol. The van der Waals surface area contributed by atoms with E-state index in [1.54, 1.807) is 6.07 Å². The molecule has 5 heteroatoms. The fourth-order valence-corrected chi connectivity index (χ4v) is 0.941. The first-order valence-corrected chi connectivity index (χ1v) is 4.06. The zero-order chi connectivity index (χ0) is 10.6. The van der Waals surface area contributed by atoms with Gasteiger partial charge >= 0.3 is 0 Å². The molecule has 0 aliphatic heterocycles. The first kappa shape index (κ1) is 10.2. The average Bonchev–Trinajstić information content (AvgIpc) is 2.15. The van der Waals surface area contributed by atoms with E-state index in [-0.39, 0.29) is 18.0 Å². The Hall–Kier alpha value is -1.91. The molecule has 1 rings (SSSR count). The number of aromatic nitrogens is 1. The predicted octanol–water partition coefficient (Wildman–Crippen LogP) is -0.306. The van der Waals surface area contributed by atoms with Gasteiger partial charge in [0.25, 0.3) is 5.56 Å². The highest BCUT2D eigenvalue weighted by molar-refractivity contribution is 5.98. The maximum Gasteiger partial charge on any atom is 0.258 e. The van der Waals surface area contributed by atoms with Crippen LogP contribution in [-0.4, -0.2) is 23.2 Å². The molecule has 0 saturated heterocycles. The fourth-order valence-electron chi connectivity index (χ4n) is 0.941. The Morgan fingerprint density at radius 3 is 2.79 bits per heavy atom. The van der Waals surface area contributed by atoms with E-state index >= 15 is 0 Å². The summed E-state index contributed by atoms with van der Waals surface area (Å²) in [6.45, 7) is 1.16. The molecular formula is C9H10N2O3. The molecule has 2 N–H and O–H groups in total. The largest absolute Gasteiger partial charge is 0.349 e. The van der Waals surface area contributed by atoms with Gasteiger partial charge in [0.1, 0.15) is 0 Å². The number of amides is 1. The standard InChI is InChI=1S/C9H10N2O3/c1-6(12)11-5-8(13)7-3-2-4-10-9(7)14/h2-4H,5H2,1H3,(H,10,14)(H,11,12). The molecule has 0 aliphatic rings. The van der Waals surface area contributed by atoms with Gasteiger partial charge in [0.05, 0.1) is 12.1 Å². The van der Waals surface area contributed by atoms with E-state index in [2.05, 4.69) is 10.3 Å². The number of pyridine rings is 1. The van der Waals surface area contributed by atoms with E-state index in [9.17, 15) is 14.4 Å². The number of rotatable bonds is 3. The summed E-state index contributed by atoms with van der Waals surface area (Å²) in [5, 5.41) is 2.33. The second-order valence-electron chi connectivity index (χ2n) is 2.75. The smallest absolute Gasteiger partial charge is 0.258 e. The highest BCUT2D eigenvalue weighted by atomic mass is 16.2. The van der Waals surface area contributed by atoms with Crippen LogP contribution in [0.4, 0.5) is 0 Å². The van der Waals surface area contributed by atoms with Crippen molar-refractivity contribution in [1.82, 2.24) is 10.3 Å². The van der Waals surface area contributed by atoms with E-state index in [0.717, 1.165) is 0 Å². The molecule has 1 aromatic heterocycles. The Balaban J connectivity index is 2.75. The van der Waals surface area contributed by atoms with Crippen molar-refractivity contribution in [1.29, 1.82) is 0 Å². The first-order chi connectivity index (χ1) is 6.61. The summed E-state index contributed by atoms with van der Waals surface area (Å²) in [6.07, 6.45) is 1.44. The lowest BCUT2D eigenvalue weighted by Gasteiger charge is -1.99. The van der Waals surface area contributed by atoms with Crippen LogP contribution in [0.25, 0.3) is 0 Å². The van der Waals surface area contributed by atoms with Crippen LogP contribution in [0.1, 0.15) is 17.3 Å². The van der Waals surface area contributed by atoms with Crippen molar-refractivity contribution in [2.24, 2.45) is 0 Å². The number of nitrogens with one attached hydrogen (secondary N) is 2. The van der Waals surface area contributed by atoms with Crippen LogP contribution >= 0.6 is 0 Å². The molecule has 1 amide bonds. The summed E-state index contributed by atoms with van der Waals surface area (Å²) >= 11 is 0. The van der Waals surface area contributed by atoms with Crippen LogP contribution in [0.2, 0.25) is 0 Å². The second kappa shape index (κ2) is 4.36. The lowest BCUT2D eigenvalue weighted by Crippen LogP contribution is -2.30. The van der Waals surface area contributed by atoms with Gasteiger partial charge in [-0.2, -0.15) is 0 Å². The van der Waals surface area contributed by atoms with E-state index in [1.165, 1.54) is 19.2 Å². The van der Waals surface area contributed by atoms with Gasteiger partial charge in [-0.3, -0.25) is 14.4 Å². The zero-order valence-electron chi connectivity index (χ0n) is 7.66. The second-order valence-corrected chi connectivity index (χ2v) is 2.75. The van der Waals surface area contributed by atoms with Gasteiger partial charge in [-0.25, -0.2) is 0 Å². The number of H-pyrrole nitrogens is 1. The van der Waals surface area contributed by atoms with Crippen LogP contribution in [-0.2, 0) is 4.79 Å². The van der Waals surface area contributed by atoms with E-state index < -0.39 is 11.3 Å². The van der Waals surface area contributed by atoms with E-state index in [1.807, 2.05) is 0 Å². The lowest BCUT2D eigenvalue weighted by atomic mass is 10.2. The lowest BCUT2D eigenvalue weighted by molar-refractivity contribution is -0.118. The number of aromatic amines is 1. The molecule has 5 nitrogen and oxygen atoms in total. The molecule has 14 heavy (non-hydrogen) atoms. The van der Waals surface area contributed by atoms with Gasteiger partial charge in [0.15, 0.2) is 5.78 Å². The third-order valence-electron chi connectivity index (χ3n) is 1.62. The van der Waals surface area contributed by atoms with Gasteiger partial charge in [0.2, 0.25) is 5.91 Å². The van der Waals surface area contributed by atoms with Crippen molar-refractivity contribution in [3.63, 3.8) is 0 Å². The zero-order valence-corrected chi connectivity index (χ0v) is 7.66. The Morgan fingerprint density at radius 1 is 1.50 bits per heavy atom. The van der Waals surface area contributed by atoms with Crippen molar-refractivity contribution >= 4 is 11.7 Å². The minimum Gasteiger partial charge on any atom is -0.349 e. The maximum atomic E-state index is 11.3. The number of hydrogen-bond acceptors (Lipinski definition) is 3. The molecule has 0 radical (unpaired) electrons. The summed E-state index contributed by atoms with van der Waals surface area (Å²) in [5.74, 6) is -0.701. The van der Waals surface area contributed by atoms with E-state index in [0.29, 0.717) is 0 Å². The molecule has 0 atom stereocenters. The van der Waals surface area contributed by atoms with Gasteiger partial charge in [-0.15, -0.1) is 0 Å². The Kier molecular flexibility index (Phi) is 3.17. The molecule has 0 spiro atoms. The molecule has 0 saturated carbocycles. The Bertz CT molecular complexity index is 409. The third kappa shape index (κ3) is 2.55. The van der Waals surface area contributed by atoms with Crippen molar-refractivity contribution < 1.29 is 9.59 Å². The normalized spacial score (nSPS) is 9.50. The van der Waals surface area contributed by atoms with Crippen molar-refractivity contribution in [2.75, 3.05) is 6.54 Å². The molecule has 0 aliphatic carbocycles. The Labute approximate surface area is 80.1 Å². The van der Waals surface area contributed by atoms with Gasteiger partial charge in [-0.05, 0) is 12.1 Å². The van der Waals surface area contributed by atoms with Crippen LogP contribution < -0.4 is 10.9 Å². The third-order valence-corrected chi connectivity index (χ3v) is 1.62. The van der Waals surface area contributed by atoms with Crippen LogP contribution in [0.3, 0.4) is 0 Å². The summed E-state index contributed by atoms with van der Waals surface area (Å²) in [7, 11) is 0. The summed E-state index contributed by atoms with van der Waals surface area (Å²) in [5.41, 5.74) is -0.385. The van der Waals surface area contributed by atoms with Crippen LogP contribution in [0.15, 0.2) is 23.1 Å². The molecule has 0 aromatic carbocycles. The quantitative estimate of drug-likeness (QED) is 0.648. The minimum atomic E-state index is -0.442. The number of ketones is 1. The summed E-state index contributed by atoms with van der Waals surface area (Å²) in [4.78, 5) is 35.3. The van der Waals surface area contributed by atoms with E-state index in [4.69, 9.17) is 0 Å². The molecule has 0 unspecified atom stereocenters. The Morgan fingerprint density at radius 2 is 2.21 bits per heavy atom.